The van der Waals surface area contributed by atoms with Crippen LogP contribution in [0.1, 0.15) is 64.9 Å². The smallest absolute Gasteiger partial charge is 0.331 e. The van der Waals surface area contributed by atoms with Gasteiger partial charge in [-0.05, 0) is 61.1 Å². The summed E-state index contributed by atoms with van der Waals surface area (Å²) in [5.41, 5.74) is 4.32. The number of benzene rings is 2. The second kappa shape index (κ2) is 12.1. The summed E-state index contributed by atoms with van der Waals surface area (Å²) in [7, 11) is 0. The number of nitriles is 1. The van der Waals surface area contributed by atoms with Crippen LogP contribution in [0.3, 0.4) is 0 Å². The van der Waals surface area contributed by atoms with Crippen molar-refractivity contribution in [3.8, 4) is 34.2 Å². The molecule has 1 unspecified atom stereocenters. The van der Waals surface area contributed by atoms with Gasteiger partial charge in [-0.15, -0.1) is 0 Å². The highest BCUT2D eigenvalue weighted by molar-refractivity contribution is 5.81. The molecule has 0 fully saturated rings. The van der Waals surface area contributed by atoms with E-state index in [1.165, 1.54) is 37.7 Å². The number of aryl methyl sites for hydroxylation is 1. The second-order valence-corrected chi connectivity index (χ2v) is 9.00. The summed E-state index contributed by atoms with van der Waals surface area (Å²) in [6, 6.07) is 22.0. The fourth-order valence-corrected chi connectivity index (χ4v) is 3.71. The zero-order valence-corrected chi connectivity index (χ0v) is 20.5. The molecule has 0 saturated heterocycles. The molecule has 0 radical (unpaired) electrons. The number of hydrogen-bond acceptors (Lipinski definition) is 4. The maximum absolute atomic E-state index is 12.3. The summed E-state index contributed by atoms with van der Waals surface area (Å²) in [6.07, 6.45) is 9.94. The monoisotopic (exact) mass is 454 g/mol. The Bertz CT molecular complexity index is 1100. The first-order valence-corrected chi connectivity index (χ1v) is 12.3. The standard InChI is InChI=1S/C30H34N2O2/c1-4-6-7-8-9-10-23-11-20-28(32-21-23)26-14-12-24(13-15-26)25-16-18-27(19-17-25)34-29(33)30(3,5-2)22-31/h11-21H,4-10H2,1-3H3. The van der Waals surface area contributed by atoms with Crippen LogP contribution in [0.25, 0.3) is 22.4 Å². The molecule has 3 aromatic rings. The summed E-state index contributed by atoms with van der Waals surface area (Å²) in [5.74, 6) is -0.0837. The molecule has 0 amide bonds. The number of hydrogen-bond donors (Lipinski definition) is 0. The zero-order valence-electron chi connectivity index (χ0n) is 20.5. The van der Waals surface area contributed by atoms with Crippen molar-refractivity contribution < 1.29 is 9.53 Å². The lowest BCUT2D eigenvalue weighted by Gasteiger charge is -2.17. The fraction of sp³-hybridized carbons (Fsp3) is 0.367. The van der Waals surface area contributed by atoms with E-state index in [4.69, 9.17) is 4.74 Å². The Morgan fingerprint density at radius 1 is 0.882 bits per heavy atom. The van der Waals surface area contributed by atoms with Crippen LogP contribution >= 0.6 is 0 Å². The summed E-state index contributed by atoms with van der Waals surface area (Å²) in [6.45, 7) is 5.64. The molecule has 34 heavy (non-hydrogen) atoms. The van der Waals surface area contributed by atoms with E-state index in [1.807, 2.05) is 24.4 Å². The van der Waals surface area contributed by atoms with Crippen LogP contribution in [0.15, 0.2) is 66.9 Å². The first kappa shape index (κ1) is 25.2. The lowest BCUT2D eigenvalue weighted by atomic mass is 9.90. The van der Waals surface area contributed by atoms with Gasteiger partial charge in [-0.3, -0.25) is 4.98 Å². The Kier molecular flexibility index (Phi) is 8.99. The lowest BCUT2D eigenvalue weighted by Crippen LogP contribution is -2.29. The molecule has 1 heterocycles. The van der Waals surface area contributed by atoms with Crippen molar-refractivity contribution in [1.29, 1.82) is 5.26 Å². The number of esters is 1. The molecule has 2 aromatic carbocycles. The van der Waals surface area contributed by atoms with Gasteiger partial charge in [0.05, 0.1) is 11.8 Å². The van der Waals surface area contributed by atoms with Crippen molar-refractivity contribution >= 4 is 5.97 Å². The van der Waals surface area contributed by atoms with E-state index in [-0.39, 0.29) is 0 Å². The van der Waals surface area contributed by atoms with Crippen LogP contribution < -0.4 is 4.74 Å². The summed E-state index contributed by atoms with van der Waals surface area (Å²) < 4.78 is 5.41. The van der Waals surface area contributed by atoms with E-state index in [0.29, 0.717) is 12.2 Å². The molecule has 0 aliphatic heterocycles. The molecule has 1 aromatic heterocycles. The molecule has 4 heteroatoms. The van der Waals surface area contributed by atoms with Gasteiger partial charge in [-0.2, -0.15) is 5.26 Å². The van der Waals surface area contributed by atoms with Gasteiger partial charge in [-0.1, -0.05) is 82.0 Å². The normalized spacial score (nSPS) is 12.5. The van der Waals surface area contributed by atoms with Crippen LogP contribution in [0.4, 0.5) is 0 Å². The molecule has 0 aliphatic carbocycles. The average Bonchev–Trinajstić information content (AvgIpc) is 2.89. The van der Waals surface area contributed by atoms with Crippen molar-refractivity contribution in [3.05, 3.63) is 72.4 Å². The SMILES string of the molecule is CCCCCCCc1ccc(-c2ccc(-c3ccc(OC(=O)C(C)(C#N)CC)cc3)cc2)nc1. The molecular formula is C30H34N2O2. The van der Waals surface area contributed by atoms with Crippen molar-refractivity contribution in [2.24, 2.45) is 5.41 Å². The van der Waals surface area contributed by atoms with Crippen LogP contribution in [-0.4, -0.2) is 11.0 Å². The largest absolute Gasteiger partial charge is 0.425 e. The topological polar surface area (TPSA) is 63.0 Å². The predicted octanol–water partition coefficient (Wildman–Crippen LogP) is 7.77. The Hall–Kier alpha value is -3.45. The van der Waals surface area contributed by atoms with Crippen molar-refractivity contribution in [2.45, 2.75) is 65.7 Å². The Morgan fingerprint density at radius 3 is 2.06 bits per heavy atom. The minimum Gasteiger partial charge on any atom is -0.425 e. The van der Waals surface area contributed by atoms with Gasteiger partial charge in [0.25, 0.3) is 0 Å². The minimum absolute atomic E-state index is 0.406. The molecule has 0 spiro atoms. The Morgan fingerprint density at radius 2 is 1.50 bits per heavy atom. The Labute approximate surface area is 203 Å². The maximum atomic E-state index is 12.3. The first-order chi connectivity index (χ1) is 16.5. The van der Waals surface area contributed by atoms with Crippen LogP contribution in [0.5, 0.6) is 5.75 Å². The van der Waals surface area contributed by atoms with E-state index in [0.717, 1.165) is 28.8 Å². The average molecular weight is 455 g/mol. The van der Waals surface area contributed by atoms with Crippen molar-refractivity contribution in [3.63, 3.8) is 0 Å². The first-order valence-electron chi connectivity index (χ1n) is 12.3. The molecule has 1 atom stereocenters. The van der Waals surface area contributed by atoms with Crippen LogP contribution in [0.2, 0.25) is 0 Å². The number of aromatic nitrogens is 1. The van der Waals surface area contributed by atoms with Gasteiger partial charge >= 0.3 is 5.97 Å². The van der Waals surface area contributed by atoms with Gasteiger partial charge in [0.2, 0.25) is 0 Å². The molecule has 0 N–H and O–H groups in total. The van der Waals surface area contributed by atoms with E-state index in [2.05, 4.69) is 48.3 Å². The number of carbonyl (C=O) groups excluding carboxylic acids is 1. The third kappa shape index (κ3) is 6.54. The number of nitrogens with zero attached hydrogens (tertiary/aromatic N) is 2. The third-order valence-electron chi connectivity index (χ3n) is 6.38. The van der Waals surface area contributed by atoms with E-state index in [1.54, 1.807) is 26.0 Å². The van der Waals surface area contributed by atoms with Gasteiger partial charge < -0.3 is 4.74 Å². The number of pyridine rings is 1. The minimum atomic E-state index is -1.13. The highest BCUT2D eigenvalue weighted by atomic mass is 16.5. The summed E-state index contributed by atoms with van der Waals surface area (Å²) in [4.78, 5) is 17.0. The van der Waals surface area contributed by atoms with Gasteiger partial charge in [0, 0.05) is 11.8 Å². The molecule has 0 bridgehead atoms. The number of unbranched alkanes of at least 4 members (excludes halogenated alkanes) is 4. The summed E-state index contributed by atoms with van der Waals surface area (Å²) in [5, 5.41) is 9.25. The van der Waals surface area contributed by atoms with Crippen LogP contribution in [-0.2, 0) is 11.2 Å². The Balaban J connectivity index is 1.60. The quantitative estimate of drug-likeness (QED) is 0.169. The number of rotatable bonds is 11. The fourth-order valence-electron chi connectivity index (χ4n) is 3.71. The number of carbonyl (C=O) groups is 1. The van der Waals surface area contributed by atoms with Crippen molar-refractivity contribution in [1.82, 2.24) is 4.98 Å². The van der Waals surface area contributed by atoms with E-state index >= 15 is 0 Å². The predicted molar refractivity (Wildman–Crippen MR) is 137 cm³/mol. The maximum Gasteiger partial charge on any atom is 0.331 e. The lowest BCUT2D eigenvalue weighted by molar-refractivity contribution is -0.141. The molecule has 3 rings (SSSR count). The molecular weight excluding hydrogens is 420 g/mol. The van der Waals surface area contributed by atoms with Crippen LogP contribution in [0, 0.1) is 16.7 Å². The number of ether oxygens (including phenoxy) is 1. The van der Waals surface area contributed by atoms with Gasteiger partial charge in [0.15, 0.2) is 5.41 Å². The third-order valence-corrected chi connectivity index (χ3v) is 6.38. The van der Waals surface area contributed by atoms with E-state index in [9.17, 15) is 10.1 Å². The van der Waals surface area contributed by atoms with Crippen molar-refractivity contribution in [2.75, 3.05) is 0 Å². The highest BCUT2D eigenvalue weighted by Gasteiger charge is 2.33. The molecule has 0 aliphatic rings. The highest BCUT2D eigenvalue weighted by Crippen LogP contribution is 2.28. The zero-order chi connectivity index (χ0) is 24.4. The van der Waals surface area contributed by atoms with Gasteiger partial charge in [-0.25, -0.2) is 4.79 Å². The second-order valence-electron chi connectivity index (χ2n) is 9.00. The molecule has 4 nitrogen and oxygen atoms in total. The van der Waals surface area contributed by atoms with E-state index < -0.39 is 11.4 Å². The molecule has 176 valence electrons. The molecule has 0 saturated carbocycles. The van der Waals surface area contributed by atoms with Gasteiger partial charge in [0.1, 0.15) is 5.75 Å². The summed E-state index contributed by atoms with van der Waals surface area (Å²) >= 11 is 0.